The zero-order chi connectivity index (χ0) is 39.1. The first kappa shape index (κ1) is 34.1. The highest BCUT2D eigenvalue weighted by Gasteiger charge is 2.46. The SMILES string of the molecule is Brc1cccc(-c2ccccc2-c2ccc3c4c5ccccc5c5ccccc5c4n(-c4ccc5c(c4)-c4ccccc4C5(c4ccccc4)c4ccccc4)c3c2)c1. The normalized spacial score (nSPS) is 13.0. The summed E-state index contributed by atoms with van der Waals surface area (Å²) in [6.45, 7) is 0. The highest BCUT2D eigenvalue weighted by atomic mass is 79.9. The average Bonchev–Trinajstić information content (AvgIpc) is 3.81. The molecule has 12 rings (SSSR count). The van der Waals surface area contributed by atoms with Crippen LogP contribution in [0.3, 0.4) is 0 Å². The van der Waals surface area contributed by atoms with Gasteiger partial charge in [0.15, 0.2) is 0 Å². The Morgan fingerprint density at radius 2 is 0.915 bits per heavy atom. The van der Waals surface area contributed by atoms with E-state index >= 15 is 0 Å². The first-order valence-electron chi connectivity index (χ1n) is 20.3. The Balaban J connectivity index is 1.20. The van der Waals surface area contributed by atoms with Crippen molar-refractivity contribution in [3.63, 3.8) is 0 Å². The van der Waals surface area contributed by atoms with Crippen molar-refractivity contribution in [3.05, 3.63) is 245 Å². The van der Waals surface area contributed by atoms with Crippen LogP contribution in [0.5, 0.6) is 0 Å². The Morgan fingerprint density at radius 1 is 0.356 bits per heavy atom. The summed E-state index contributed by atoms with van der Waals surface area (Å²) < 4.78 is 3.62. The maximum absolute atomic E-state index is 3.73. The molecule has 59 heavy (non-hydrogen) atoms. The topological polar surface area (TPSA) is 4.93 Å². The van der Waals surface area contributed by atoms with E-state index in [1.807, 2.05) is 0 Å². The number of aromatic nitrogens is 1. The molecule has 10 aromatic carbocycles. The summed E-state index contributed by atoms with van der Waals surface area (Å²) in [5.74, 6) is 0. The Labute approximate surface area is 351 Å². The van der Waals surface area contributed by atoms with Gasteiger partial charge in [-0.25, -0.2) is 0 Å². The standard InChI is InChI=1S/C57H36BrN/c58-41-21-15-16-37(34-41)43-22-7-8-23-44(43)38-30-32-50-54(35-38)59(56-49-28-12-10-25-46(49)45-24-9-11-27-48(45)55(50)56)42-31-33-53-51(36-42)47-26-13-14-29-52(47)57(53,39-17-3-1-4-18-39)40-19-5-2-6-20-40/h1-36H. The summed E-state index contributed by atoms with van der Waals surface area (Å²) >= 11 is 3.73. The molecule has 1 heterocycles. The van der Waals surface area contributed by atoms with Crippen LogP contribution in [0.15, 0.2) is 223 Å². The van der Waals surface area contributed by atoms with E-state index in [1.54, 1.807) is 0 Å². The fourth-order valence-electron chi connectivity index (χ4n) is 10.3. The van der Waals surface area contributed by atoms with Gasteiger partial charge in [0.25, 0.3) is 0 Å². The van der Waals surface area contributed by atoms with Gasteiger partial charge in [-0.05, 0) is 102 Å². The molecule has 0 aliphatic heterocycles. The number of rotatable bonds is 5. The molecule has 2 heteroatoms. The van der Waals surface area contributed by atoms with Crippen molar-refractivity contribution < 1.29 is 0 Å². The van der Waals surface area contributed by atoms with E-state index in [-0.39, 0.29) is 0 Å². The molecule has 1 aromatic heterocycles. The molecule has 276 valence electrons. The highest BCUT2D eigenvalue weighted by molar-refractivity contribution is 9.10. The Hall–Kier alpha value is -7.00. The molecule has 0 bridgehead atoms. The molecule has 0 saturated carbocycles. The molecule has 0 saturated heterocycles. The van der Waals surface area contributed by atoms with Crippen molar-refractivity contribution in [3.8, 4) is 39.1 Å². The van der Waals surface area contributed by atoms with E-state index in [0.717, 1.165) is 10.2 Å². The minimum Gasteiger partial charge on any atom is -0.309 e. The van der Waals surface area contributed by atoms with E-state index in [4.69, 9.17) is 0 Å². The molecular formula is C57H36BrN. The highest BCUT2D eigenvalue weighted by Crippen LogP contribution is 2.57. The first-order valence-corrected chi connectivity index (χ1v) is 21.1. The van der Waals surface area contributed by atoms with Gasteiger partial charge in [0, 0.05) is 26.3 Å². The van der Waals surface area contributed by atoms with Gasteiger partial charge in [-0.15, -0.1) is 0 Å². The molecule has 1 aliphatic rings. The first-order chi connectivity index (χ1) is 29.2. The summed E-state index contributed by atoms with van der Waals surface area (Å²) in [5, 5.41) is 7.58. The number of hydrogen-bond donors (Lipinski definition) is 0. The molecule has 0 fully saturated rings. The maximum atomic E-state index is 3.73. The van der Waals surface area contributed by atoms with E-state index in [9.17, 15) is 0 Å². The van der Waals surface area contributed by atoms with Crippen LogP contribution in [0.1, 0.15) is 22.3 Å². The minimum atomic E-state index is -0.458. The van der Waals surface area contributed by atoms with Crippen molar-refractivity contribution in [2.75, 3.05) is 0 Å². The van der Waals surface area contributed by atoms with Crippen LogP contribution in [0, 0.1) is 0 Å². The molecular weight excluding hydrogens is 779 g/mol. The number of hydrogen-bond acceptors (Lipinski definition) is 0. The van der Waals surface area contributed by atoms with Crippen LogP contribution in [-0.2, 0) is 5.41 Å². The third kappa shape index (κ3) is 4.97. The average molecular weight is 815 g/mol. The molecule has 0 radical (unpaired) electrons. The molecule has 1 aliphatic carbocycles. The lowest BCUT2D eigenvalue weighted by Gasteiger charge is -2.33. The lowest BCUT2D eigenvalue weighted by Crippen LogP contribution is -2.28. The van der Waals surface area contributed by atoms with E-state index < -0.39 is 5.41 Å². The molecule has 0 unspecified atom stereocenters. The monoisotopic (exact) mass is 813 g/mol. The van der Waals surface area contributed by atoms with Crippen LogP contribution >= 0.6 is 15.9 Å². The summed E-state index contributed by atoms with van der Waals surface area (Å²) in [5.41, 5.74) is 15.6. The largest absolute Gasteiger partial charge is 0.309 e. The van der Waals surface area contributed by atoms with Gasteiger partial charge in [-0.3, -0.25) is 0 Å². The second-order valence-corrected chi connectivity index (χ2v) is 16.6. The summed E-state index contributed by atoms with van der Waals surface area (Å²) in [4.78, 5) is 0. The molecule has 0 atom stereocenters. The van der Waals surface area contributed by atoms with Crippen LogP contribution in [0.4, 0.5) is 0 Å². The van der Waals surface area contributed by atoms with E-state index in [0.29, 0.717) is 0 Å². The van der Waals surface area contributed by atoms with Gasteiger partial charge in [-0.2, -0.15) is 0 Å². The number of benzene rings is 10. The van der Waals surface area contributed by atoms with Crippen molar-refractivity contribution in [1.29, 1.82) is 0 Å². The Morgan fingerprint density at radius 3 is 1.61 bits per heavy atom. The third-order valence-electron chi connectivity index (χ3n) is 12.7. The quantitative estimate of drug-likeness (QED) is 0.153. The van der Waals surface area contributed by atoms with Crippen LogP contribution in [-0.4, -0.2) is 4.57 Å². The smallest absolute Gasteiger partial charge is 0.0713 e. The van der Waals surface area contributed by atoms with E-state index in [1.165, 1.54) is 99.0 Å². The third-order valence-corrected chi connectivity index (χ3v) is 13.2. The second kappa shape index (κ2) is 13.3. The minimum absolute atomic E-state index is 0.458. The van der Waals surface area contributed by atoms with E-state index in [2.05, 4.69) is 239 Å². The lowest BCUT2D eigenvalue weighted by atomic mass is 9.68. The zero-order valence-electron chi connectivity index (χ0n) is 32.1. The van der Waals surface area contributed by atoms with Gasteiger partial charge < -0.3 is 4.57 Å². The van der Waals surface area contributed by atoms with Crippen LogP contribution in [0.2, 0.25) is 0 Å². The van der Waals surface area contributed by atoms with Gasteiger partial charge >= 0.3 is 0 Å². The number of fused-ring (bicyclic) bond motifs is 11. The second-order valence-electron chi connectivity index (χ2n) is 15.7. The predicted molar refractivity (Wildman–Crippen MR) is 252 cm³/mol. The maximum Gasteiger partial charge on any atom is 0.0713 e. The molecule has 11 aromatic rings. The van der Waals surface area contributed by atoms with Crippen molar-refractivity contribution >= 4 is 59.3 Å². The van der Waals surface area contributed by atoms with Gasteiger partial charge in [0.1, 0.15) is 0 Å². The van der Waals surface area contributed by atoms with Crippen molar-refractivity contribution in [2.45, 2.75) is 5.41 Å². The van der Waals surface area contributed by atoms with Crippen molar-refractivity contribution in [1.82, 2.24) is 4.57 Å². The lowest BCUT2D eigenvalue weighted by molar-refractivity contribution is 0.768. The Bertz CT molecular complexity index is 3410. The fraction of sp³-hybridized carbons (Fsp3) is 0.0175. The number of nitrogens with zero attached hydrogens (tertiary/aromatic N) is 1. The zero-order valence-corrected chi connectivity index (χ0v) is 33.7. The summed E-state index contributed by atoms with van der Waals surface area (Å²) in [6, 6.07) is 80.8. The fourth-order valence-corrected chi connectivity index (χ4v) is 10.7. The summed E-state index contributed by atoms with van der Waals surface area (Å²) in [6.07, 6.45) is 0. The molecule has 0 N–H and O–H groups in total. The molecule has 1 nitrogen and oxygen atoms in total. The van der Waals surface area contributed by atoms with Crippen LogP contribution in [0.25, 0.3) is 82.4 Å². The van der Waals surface area contributed by atoms with Crippen LogP contribution < -0.4 is 0 Å². The Kier molecular flexibility index (Phi) is 7.67. The van der Waals surface area contributed by atoms with Gasteiger partial charge in [0.2, 0.25) is 0 Å². The van der Waals surface area contributed by atoms with Crippen molar-refractivity contribution in [2.24, 2.45) is 0 Å². The summed E-state index contributed by atoms with van der Waals surface area (Å²) in [7, 11) is 0. The predicted octanol–water partition coefficient (Wildman–Crippen LogP) is 15.5. The molecule has 0 amide bonds. The van der Waals surface area contributed by atoms with Gasteiger partial charge in [0.05, 0.1) is 16.4 Å². The number of halogens is 1. The van der Waals surface area contributed by atoms with Gasteiger partial charge in [-0.1, -0.05) is 204 Å². The molecule has 0 spiro atoms.